The van der Waals surface area contributed by atoms with Gasteiger partial charge in [0.15, 0.2) is 0 Å². The molecule has 1 aromatic heterocycles. The summed E-state index contributed by atoms with van der Waals surface area (Å²) in [6.45, 7) is 5.96. The molecule has 3 heterocycles. The predicted molar refractivity (Wildman–Crippen MR) is 114 cm³/mol. The maximum atomic E-state index is 14.5. The maximum absolute atomic E-state index is 14.5. The molecule has 1 aromatic carbocycles. The number of anilines is 1. The van der Waals surface area contributed by atoms with Gasteiger partial charge in [0.2, 0.25) is 11.9 Å². The molecule has 1 unspecified atom stereocenters. The summed E-state index contributed by atoms with van der Waals surface area (Å²) >= 11 is 0. The molecule has 3 aliphatic rings. The summed E-state index contributed by atoms with van der Waals surface area (Å²) in [5, 5.41) is 3.25. The first-order chi connectivity index (χ1) is 14.9. The van der Waals surface area contributed by atoms with E-state index in [4.69, 9.17) is 4.98 Å². The molecule has 2 saturated heterocycles. The number of benzene rings is 1. The zero-order valence-electron chi connectivity index (χ0n) is 17.7. The van der Waals surface area contributed by atoms with E-state index >= 15 is 0 Å². The van der Waals surface area contributed by atoms with Gasteiger partial charge < -0.3 is 15.1 Å². The second-order valence-corrected chi connectivity index (χ2v) is 8.74. The molecule has 1 amide bonds. The van der Waals surface area contributed by atoms with Crippen LogP contribution in [0.1, 0.15) is 36.6 Å². The van der Waals surface area contributed by atoms with E-state index in [0.29, 0.717) is 23.6 Å². The van der Waals surface area contributed by atoms with Crippen molar-refractivity contribution in [2.75, 3.05) is 37.6 Å². The number of fused-ring (bicyclic) bond motifs is 1. The number of hydrogen-bond donors (Lipinski definition) is 1. The highest BCUT2D eigenvalue weighted by atomic mass is 19.3. The lowest BCUT2D eigenvalue weighted by molar-refractivity contribution is -0.131. The maximum Gasteiger partial charge on any atom is 0.290 e. The van der Waals surface area contributed by atoms with Gasteiger partial charge in [-0.3, -0.25) is 4.79 Å². The van der Waals surface area contributed by atoms with E-state index in [1.165, 1.54) is 0 Å². The predicted octanol–water partition coefficient (Wildman–Crippen LogP) is 2.75. The van der Waals surface area contributed by atoms with E-state index in [1.807, 2.05) is 34.1 Å². The van der Waals surface area contributed by atoms with Crippen LogP contribution in [0, 0.1) is 0 Å². The smallest absolute Gasteiger partial charge is 0.290 e. The summed E-state index contributed by atoms with van der Waals surface area (Å²) in [5.41, 5.74) is 2.73. The molecule has 8 heteroatoms. The third-order valence-corrected chi connectivity index (χ3v) is 6.66. The van der Waals surface area contributed by atoms with E-state index in [0.717, 1.165) is 50.3 Å². The van der Waals surface area contributed by atoms with Gasteiger partial charge in [-0.2, -0.15) is 8.78 Å². The molecule has 1 N–H and O–H groups in total. The number of alkyl halides is 2. The van der Waals surface area contributed by atoms with E-state index in [1.54, 1.807) is 0 Å². The molecule has 0 bridgehead atoms. The van der Waals surface area contributed by atoms with Crippen LogP contribution in [-0.2, 0) is 23.6 Å². The second kappa shape index (κ2) is 7.82. The van der Waals surface area contributed by atoms with Crippen molar-refractivity contribution in [2.45, 2.75) is 44.6 Å². The lowest BCUT2D eigenvalue weighted by Crippen LogP contribution is -2.47. The van der Waals surface area contributed by atoms with Crippen LogP contribution in [0.5, 0.6) is 0 Å². The van der Waals surface area contributed by atoms with Gasteiger partial charge >= 0.3 is 0 Å². The monoisotopic (exact) mass is 427 g/mol. The Kier molecular flexibility index (Phi) is 5.12. The van der Waals surface area contributed by atoms with Crippen LogP contribution in [0.4, 0.5) is 14.7 Å². The number of nitrogens with one attached hydrogen (secondary N) is 1. The van der Waals surface area contributed by atoms with Gasteiger partial charge in [0.25, 0.3) is 5.92 Å². The second-order valence-electron chi connectivity index (χ2n) is 8.74. The average molecular weight is 427 g/mol. The van der Waals surface area contributed by atoms with Crippen LogP contribution in [-0.4, -0.2) is 59.5 Å². The zero-order chi connectivity index (χ0) is 21.6. The lowest BCUT2D eigenvalue weighted by Gasteiger charge is -2.39. The van der Waals surface area contributed by atoms with E-state index < -0.39 is 5.92 Å². The Labute approximate surface area is 180 Å². The van der Waals surface area contributed by atoms with Gasteiger partial charge in [0.05, 0.1) is 12.1 Å². The number of amides is 1. The van der Waals surface area contributed by atoms with Crippen molar-refractivity contribution < 1.29 is 13.6 Å². The Bertz CT molecular complexity index is 988. The van der Waals surface area contributed by atoms with Crippen molar-refractivity contribution in [1.82, 2.24) is 20.2 Å². The third kappa shape index (κ3) is 3.78. The van der Waals surface area contributed by atoms with Crippen LogP contribution in [0.2, 0.25) is 0 Å². The molecule has 31 heavy (non-hydrogen) atoms. The molecular formula is C23H27F2N5O. The van der Waals surface area contributed by atoms with E-state index in [2.05, 4.69) is 17.2 Å². The highest BCUT2D eigenvalue weighted by molar-refractivity contribution is 5.79. The molecule has 1 aliphatic carbocycles. The Morgan fingerprint density at radius 1 is 1.16 bits per heavy atom. The normalized spacial score (nSPS) is 22.2. The molecule has 0 radical (unpaired) electrons. The first-order valence-corrected chi connectivity index (χ1v) is 11.1. The molecule has 1 atom stereocenters. The first-order valence-electron chi connectivity index (χ1n) is 11.1. The summed E-state index contributed by atoms with van der Waals surface area (Å²) < 4.78 is 29.0. The molecule has 2 aromatic rings. The molecule has 2 aliphatic heterocycles. The van der Waals surface area contributed by atoms with Gasteiger partial charge in [0, 0.05) is 56.3 Å². The lowest BCUT2D eigenvalue weighted by atomic mass is 10.0. The molecule has 2 fully saturated rings. The zero-order valence-corrected chi connectivity index (χ0v) is 17.7. The van der Waals surface area contributed by atoms with Crippen LogP contribution in [0.15, 0.2) is 24.3 Å². The van der Waals surface area contributed by atoms with Crippen molar-refractivity contribution in [3.63, 3.8) is 0 Å². The number of halogens is 2. The first kappa shape index (κ1) is 20.3. The summed E-state index contributed by atoms with van der Waals surface area (Å²) in [6, 6.07) is 7.86. The summed E-state index contributed by atoms with van der Waals surface area (Å²) in [4.78, 5) is 25.4. The fourth-order valence-electron chi connectivity index (χ4n) is 4.57. The van der Waals surface area contributed by atoms with E-state index in [9.17, 15) is 13.6 Å². The minimum Gasteiger partial charge on any atom is -0.340 e. The number of piperazine rings is 1. The Balaban J connectivity index is 1.42. The summed E-state index contributed by atoms with van der Waals surface area (Å²) in [5.74, 6) is -2.40. The van der Waals surface area contributed by atoms with Crippen molar-refractivity contribution in [3.05, 3.63) is 41.1 Å². The minimum absolute atomic E-state index is 0.117. The van der Waals surface area contributed by atoms with Crippen molar-refractivity contribution >= 4 is 11.9 Å². The molecule has 6 nitrogen and oxygen atoms in total. The third-order valence-electron chi connectivity index (χ3n) is 6.66. The number of hydrogen-bond acceptors (Lipinski definition) is 5. The van der Waals surface area contributed by atoms with Crippen molar-refractivity contribution in [1.29, 1.82) is 0 Å². The van der Waals surface area contributed by atoms with Gasteiger partial charge in [-0.25, -0.2) is 9.97 Å². The van der Waals surface area contributed by atoms with Gasteiger partial charge in [0.1, 0.15) is 5.69 Å². The molecule has 0 spiro atoms. The molecule has 164 valence electrons. The standard InChI is InChI=1S/C23H27F2N5O/c1-15-7-11-30(15)22-27-20(18-6-8-23(24,25)21(18)28-22)17-4-2-16(3-5-17)14-19(31)29-12-9-26-10-13-29/h2-5,15,26H,6-14H2,1H3. The van der Waals surface area contributed by atoms with Crippen molar-refractivity contribution in [2.24, 2.45) is 0 Å². The Morgan fingerprint density at radius 2 is 1.90 bits per heavy atom. The van der Waals surface area contributed by atoms with Crippen molar-refractivity contribution in [3.8, 4) is 11.3 Å². The fraction of sp³-hybridized carbons (Fsp3) is 0.522. The van der Waals surface area contributed by atoms with Gasteiger partial charge in [-0.1, -0.05) is 24.3 Å². The highest BCUT2D eigenvalue weighted by Gasteiger charge is 2.44. The number of nitrogens with zero attached hydrogens (tertiary/aromatic N) is 4. The average Bonchev–Trinajstić information content (AvgIpc) is 3.08. The largest absolute Gasteiger partial charge is 0.340 e. The SMILES string of the molecule is CC1CCN1c1nc(-c2ccc(CC(=O)N3CCNCC3)cc2)c2c(n1)C(F)(F)CC2. The van der Waals surface area contributed by atoms with Gasteiger partial charge in [-0.05, 0) is 25.3 Å². The number of carbonyl (C=O) groups is 1. The fourth-order valence-corrected chi connectivity index (χ4v) is 4.57. The van der Waals surface area contributed by atoms with Crippen LogP contribution in [0.3, 0.4) is 0 Å². The Morgan fingerprint density at radius 3 is 2.55 bits per heavy atom. The minimum atomic E-state index is -2.91. The highest BCUT2D eigenvalue weighted by Crippen LogP contribution is 2.44. The molecule has 5 rings (SSSR count). The van der Waals surface area contributed by atoms with Gasteiger partial charge in [-0.15, -0.1) is 0 Å². The Hall–Kier alpha value is -2.61. The number of carbonyl (C=O) groups excluding carboxylic acids is 1. The number of aromatic nitrogens is 2. The van der Waals surface area contributed by atoms with Crippen LogP contribution < -0.4 is 10.2 Å². The van der Waals surface area contributed by atoms with Crippen LogP contribution in [0.25, 0.3) is 11.3 Å². The number of rotatable bonds is 4. The topological polar surface area (TPSA) is 61.4 Å². The summed E-state index contributed by atoms with van der Waals surface area (Å²) in [7, 11) is 0. The van der Waals surface area contributed by atoms with Crippen LogP contribution >= 0.6 is 0 Å². The quantitative estimate of drug-likeness (QED) is 0.813. The summed E-state index contributed by atoms with van der Waals surface area (Å²) in [6.07, 6.45) is 1.41. The molecular weight excluding hydrogens is 400 g/mol. The van der Waals surface area contributed by atoms with E-state index in [-0.39, 0.29) is 30.5 Å². The molecule has 0 saturated carbocycles.